The van der Waals surface area contributed by atoms with Crippen LogP contribution in [0.2, 0.25) is 0 Å². The van der Waals surface area contributed by atoms with Gasteiger partial charge in [-0.2, -0.15) is 0 Å². The summed E-state index contributed by atoms with van der Waals surface area (Å²) in [6.07, 6.45) is 0.796. The molecule has 0 saturated heterocycles. The van der Waals surface area contributed by atoms with Crippen LogP contribution in [-0.4, -0.2) is 34.8 Å². The summed E-state index contributed by atoms with van der Waals surface area (Å²) in [5.41, 5.74) is 1.65. The highest BCUT2D eigenvalue weighted by Gasteiger charge is 2.25. The van der Waals surface area contributed by atoms with Crippen molar-refractivity contribution in [2.45, 2.75) is 26.3 Å². The maximum Gasteiger partial charge on any atom is 0.0802 e. The molecular formula is C12H22N2O2S. The Morgan fingerprint density at radius 2 is 2.24 bits per heavy atom. The monoisotopic (exact) mass is 258 g/mol. The molecule has 0 aromatic heterocycles. The van der Waals surface area contributed by atoms with E-state index in [0.717, 1.165) is 17.0 Å². The molecule has 0 radical (unpaired) electrons. The largest absolute Gasteiger partial charge is 0.394 e. The van der Waals surface area contributed by atoms with Gasteiger partial charge in [0.25, 0.3) is 0 Å². The summed E-state index contributed by atoms with van der Waals surface area (Å²) in [6, 6.07) is -0.0503. The molecule has 3 N–H and O–H groups in total. The van der Waals surface area contributed by atoms with E-state index in [2.05, 4.69) is 17.2 Å². The van der Waals surface area contributed by atoms with Gasteiger partial charge >= 0.3 is 0 Å². The van der Waals surface area contributed by atoms with Crippen molar-refractivity contribution >= 4 is 10.8 Å². The topological polar surface area (TPSA) is 61.4 Å². The lowest BCUT2D eigenvalue weighted by Crippen LogP contribution is -2.37. The Morgan fingerprint density at radius 1 is 1.59 bits per heavy atom. The number of aliphatic hydroxyl groups is 1. The first kappa shape index (κ1) is 14.3. The predicted molar refractivity (Wildman–Crippen MR) is 71.7 cm³/mol. The van der Waals surface area contributed by atoms with E-state index in [0.29, 0.717) is 17.4 Å². The summed E-state index contributed by atoms with van der Waals surface area (Å²) < 4.78 is 11.9. The van der Waals surface area contributed by atoms with Gasteiger partial charge in [0.05, 0.1) is 28.4 Å². The zero-order valence-corrected chi connectivity index (χ0v) is 11.6. The molecule has 0 bridgehead atoms. The van der Waals surface area contributed by atoms with Crippen LogP contribution in [0.4, 0.5) is 0 Å². The van der Waals surface area contributed by atoms with E-state index in [-0.39, 0.29) is 12.6 Å². The molecule has 2 atom stereocenters. The third kappa shape index (κ3) is 3.33. The van der Waals surface area contributed by atoms with E-state index in [9.17, 15) is 9.32 Å². The van der Waals surface area contributed by atoms with Crippen molar-refractivity contribution in [3.8, 4) is 0 Å². The van der Waals surface area contributed by atoms with Gasteiger partial charge < -0.3 is 15.7 Å². The van der Waals surface area contributed by atoms with E-state index in [1.807, 2.05) is 20.9 Å². The van der Waals surface area contributed by atoms with Crippen molar-refractivity contribution in [3.05, 3.63) is 22.9 Å². The molecule has 0 amide bonds. The maximum atomic E-state index is 11.9. The molecule has 4 nitrogen and oxygen atoms in total. The van der Waals surface area contributed by atoms with E-state index < -0.39 is 10.8 Å². The van der Waals surface area contributed by atoms with Gasteiger partial charge in [-0.15, -0.1) is 0 Å². The van der Waals surface area contributed by atoms with Crippen LogP contribution < -0.4 is 10.6 Å². The molecule has 0 saturated carbocycles. The first-order chi connectivity index (χ1) is 8.01. The van der Waals surface area contributed by atoms with Crippen molar-refractivity contribution in [3.63, 3.8) is 0 Å². The first-order valence-corrected chi connectivity index (χ1v) is 7.19. The minimum atomic E-state index is -0.979. The van der Waals surface area contributed by atoms with Crippen molar-refractivity contribution in [1.82, 2.24) is 10.6 Å². The van der Waals surface area contributed by atoms with Crippen molar-refractivity contribution in [1.29, 1.82) is 0 Å². The average Bonchev–Trinajstić information content (AvgIpc) is 2.66. The zero-order chi connectivity index (χ0) is 13.0. The number of nitrogens with one attached hydrogen (secondary N) is 2. The highest BCUT2D eigenvalue weighted by atomic mass is 32.2. The average molecular weight is 258 g/mol. The summed E-state index contributed by atoms with van der Waals surface area (Å²) in [5.74, 6) is 0.947. The van der Waals surface area contributed by atoms with Crippen LogP contribution in [0, 0.1) is 5.92 Å². The predicted octanol–water partition coefficient (Wildman–Crippen LogP) is 0.690. The number of hydrogen-bond acceptors (Lipinski definition) is 4. The molecule has 0 aliphatic carbocycles. The van der Waals surface area contributed by atoms with Gasteiger partial charge in [-0.25, -0.2) is 0 Å². The van der Waals surface area contributed by atoms with E-state index in [1.54, 1.807) is 0 Å². The number of hydrogen-bond donors (Lipinski definition) is 3. The fourth-order valence-corrected chi connectivity index (χ4v) is 3.22. The minimum absolute atomic E-state index is 0.0471. The van der Waals surface area contributed by atoms with Crippen LogP contribution >= 0.6 is 0 Å². The number of rotatable bonds is 6. The Hall–Kier alpha value is -0.810. The van der Waals surface area contributed by atoms with Gasteiger partial charge in [0.15, 0.2) is 0 Å². The molecule has 0 aromatic rings. The first-order valence-electron chi connectivity index (χ1n) is 5.87. The molecule has 17 heavy (non-hydrogen) atoms. The van der Waals surface area contributed by atoms with E-state index >= 15 is 0 Å². The van der Waals surface area contributed by atoms with Crippen LogP contribution in [-0.2, 0) is 10.8 Å². The molecule has 5 heteroatoms. The van der Waals surface area contributed by atoms with E-state index in [1.165, 1.54) is 0 Å². The number of allylic oxidation sites excluding steroid dienone is 1. The van der Waals surface area contributed by atoms with Gasteiger partial charge in [0.2, 0.25) is 0 Å². The molecule has 1 heterocycles. The zero-order valence-electron chi connectivity index (χ0n) is 10.7. The van der Waals surface area contributed by atoms with Crippen molar-refractivity contribution in [2.75, 3.05) is 19.4 Å². The Morgan fingerprint density at radius 3 is 2.71 bits per heavy atom. The summed E-state index contributed by atoms with van der Waals surface area (Å²) in [6.45, 7) is 8.05. The Balaban J connectivity index is 2.79. The second kappa shape index (κ2) is 6.21. The molecule has 0 spiro atoms. The SMILES string of the molecule is C=C(N[C@@H](CO)C(C)C)C1=C(NC)CCS1=O. The molecule has 1 rings (SSSR count). The van der Waals surface area contributed by atoms with Gasteiger partial charge in [-0.1, -0.05) is 20.4 Å². The van der Waals surface area contributed by atoms with Gasteiger partial charge in [0.1, 0.15) is 0 Å². The quantitative estimate of drug-likeness (QED) is 0.656. The highest BCUT2D eigenvalue weighted by Crippen LogP contribution is 2.25. The van der Waals surface area contributed by atoms with Crippen LogP contribution in [0.15, 0.2) is 22.9 Å². The summed E-state index contributed by atoms with van der Waals surface area (Å²) >= 11 is 0. The summed E-state index contributed by atoms with van der Waals surface area (Å²) in [4.78, 5) is 0.770. The fraction of sp³-hybridized carbons (Fsp3) is 0.667. The van der Waals surface area contributed by atoms with E-state index in [4.69, 9.17) is 0 Å². The highest BCUT2D eigenvalue weighted by molar-refractivity contribution is 7.89. The summed E-state index contributed by atoms with van der Waals surface area (Å²) in [5, 5.41) is 15.5. The molecule has 98 valence electrons. The lowest BCUT2D eigenvalue weighted by Gasteiger charge is -2.23. The van der Waals surface area contributed by atoms with Gasteiger partial charge in [0, 0.05) is 30.6 Å². The van der Waals surface area contributed by atoms with Crippen molar-refractivity contribution in [2.24, 2.45) is 5.92 Å². The molecule has 1 aliphatic heterocycles. The summed E-state index contributed by atoms with van der Waals surface area (Å²) in [7, 11) is 0.852. The third-order valence-corrected chi connectivity index (χ3v) is 4.50. The second-order valence-corrected chi connectivity index (χ2v) is 6.02. The van der Waals surface area contributed by atoms with Crippen LogP contribution in [0.25, 0.3) is 0 Å². The molecule has 0 fully saturated rings. The Labute approximate surface area is 106 Å². The lowest BCUT2D eigenvalue weighted by molar-refractivity contribution is 0.220. The Bertz CT molecular complexity index is 350. The van der Waals surface area contributed by atoms with Crippen molar-refractivity contribution < 1.29 is 9.32 Å². The fourth-order valence-electron chi connectivity index (χ4n) is 1.82. The standard InChI is InChI=1S/C12H22N2O2S/c1-8(2)11(7-15)14-9(3)12-10(13-4)5-6-17(12)16/h8,11,13-15H,3,5-7H2,1-2,4H3/t11-,17?/m0/s1. The second-order valence-electron chi connectivity index (χ2n) is 4.51. The molecular weight excluding hydrogens is 236 g/mol. The normalized spacial score (nSPS) is 21.8. The van der Waals surface area contributed by atoms with Crippen LogP contribution in [0.5, 0.6) is 0 Å². The maximum absolute atomic E-state index is 11.9. The molecule has 1 aliphatic rings. The van der Waals surface area contributed by atoms with Crippen LogP contribution in [0.1, 0.15) is 20.3 Å². The smallest absolute Gasteiger partial charge is 0.0802 e. The minimum Gasteiger partial charge on any atom is -0.394 e. The lowest BCUT2D eigenvalue weighted by atomic mass is 10.1. The molecule has 0 aromatic carbocycles. The Kier molecular flexibility index (Phi) is 5.21. The van der Waals surface area contributed by atoms with Crippen LogP contribution in [0.3, 0.4) is 0 Å². The van der Waals surface area contributed by atoms with Gasteiger partial charge in [-0.3, -0.25) is 4.21 Å². The third-order valence-electron chi connectivity index (χ3n) is 2.98. The molecule has 1 unspecified atom stereocenters. The number of aliphatic hydroxyl groups excluding tert-OH is 1. The van der Waals surface area contributed by atoms with Gasteiger partial charge in [-0.05, 0) is 5.92 Å².